The van der Waals surface area contributed by atoms with Gasteiger partial charge < -0.3 is 4.98 Å². The molecule has 0 spiro atoms. The van der Waals surface area contributed by atoms with E-state index in [2.05, 4.69) is 9.97 Å². The number of imidazole rings is 1. The molecule has 0 unspecified atom stereocenters. The molecule has 0 atom stereocenters. The predicted octanol–water partition coefficient (Wildman–Crippen LogP) is 0.410. The fraction of sp³-hybridized carbons (Fsp3) is 0. The molecule has 2 heteroatoms. The molecular formula is C3H4N2. The van der Waals surface area contributed by atoms with Gasteiger partial charge in [-0.25, -0.2) is 4.98 Å². The zero-order valence-corrected chi connectivity index (χ0v) is 2.68. The molecule has 1 N–H and O–H groups in total. The van der Waals surface area contributed by atoms with Crippen LogP contribution in [0.25, 0.3) is 0 Å². The highest BCUT2D eigenvalue weighted by atomic mass is 15.7. The highest BCUT2D eigenvalue weighted by Gasteiger charge is 1.56. The molecule has 0 aliphatic carbocycles. The summed E-state index contributed by atoms with van der Waals surface area (Å²) >= 11 is 0. The molecular weight excluding hydrogens is 68.0 g/mol. The number of rotatable bonds is 0. The Morgan fingerprint density at radius 3 is 2.80 bits per heavy atom. The van der Waals surface area contributed by atoms with Gasteiger partial charge in [0.1, 0.15) is 0 Å². The van der Waals surface area contributed by atoms with Crippen LogP contribution in [0.15, 0.2) is 18.7 Å². The van der Waals surface area contributed by atoms with E-state index in [1.807, 2.05) is 0 Å². The van der Waals surface area contributed by atoms with Gasteiger partial charge >= 0.3 is 0 Å². The Kier molecular flexibility index (Phi) is 0.433. The molecule has 0 aliphatic rings. The first kappa shape index (κ1) is 2.45. The van der Waals surface area contributed by atoms with Crippen molar-refractivity contribution in [1.82, 2.24) is 9.97 Å². The number of hydrogen-bond acceptors (Lipinski definition) is 1. The highest BCUT2D eigenvalue weighted by Crippen LogP contribution is 1.62. The summed E-state index contributed by atoms with van der Waals surface area (Å²) in [5.74, 6) is 0. The second-order valence-corrected chi connectivity index (χ2v) is 0.761. The SMILES string of the molecule is c1[15n][13cH][13cH][15nH]1. The van der Waals surface area contributed by atoms with Gasteiger partial charge in [-0.05, 0) is 0 Å². The average molecular weight is 72.0 g/mol. The summed E-state index contributed by atoms with van der Waals surface area (Å²) in [4.78, 5) is 6.42. The summed E-state index contributed by atoms with van der Waals surface area (Å²) in [6, 6.07) is 0. The molecule has 1 rings (SSSR count). The van der Waals surface area contributed by atoms with Crippen molar-refractivity contribution in [2.45, 2.75) is 0 Å². The van der Waals surface area contributed by atoms with Gasteiger partial charge in [-0.1, -0.05) is 0 Å². The summed E-state index contributed by atoms with van der Waals surface area (Å²) in [7, 11) is 0. The summed E-state index contributed by atoms with van der Waals surface area (Å²) in [6.45, 7) is 0. The minimum absolute atomic E-state index is 1.62. The summed E-state index contributed by atoms with van der Waals surface area (Å²) in [5, 5.41) is 0. The minimum Gasteiger partial charge on any atom is -0.351 e. The van der Waals surface area contributed by atoms with Crippen molar-refractivity contribution in [2.75, 3.05) is 0 Å². The number of hydrogen-bond donors (Lipinski definition) is 1. The highest BCUT2D eigenvalue weighted by molar-refractivity contribution is 4.64. The van der Waals surface area contributed by atoms with Crippen LogP contribution >= 0.6 is 0 Å². The van der Waals surface area contributed by atoms with Crippen LogP contribution in [0.3, 0.4) is 0 Å². The second-order valence-electron chi connectivity index (χ2n) is 0.761. The van der Waals surface area contributed by atoms with Crippen molar-refractivity contribution >= 4 is 0 Å². The van der Waals surface area contributed by atoms with Crippen LogP contribution in [0.4, 0.5) is 0 Å². The second kappa shape index (κ2) is 0.885. The number of aromatic amines is 1. The molecule has 26 valence electrons. The average Bonchev–Trinajstić information content (AvgIpc) is 1.76. The first-order valence-electron chi connectivity index (χ1n) is 1.43. The van der Waals surface area contributed by atoms with Crippen LogP contribution < -0.4 is 0 Å². The van der Waals surface area contributed by atoms with Gasteiger partial charge in [0, 0.05) is 12.4 Å². The molecule has 0 saturated heterocycles. The van der Waals surface area contributed by atoms with Crippen molar-refractivity contribution in [3.8, 4) is 0 Å². The Hall–Kier alpha value is -0.790. The van der Waals surface area contributed by atoms with E-state index >= 15 is 0 Å². The lowest BCUT2D eigenvalue weighted by Gasteiger charge is -1.46. The number of nitrogens with zero attached hydrogens (tertiary/aromatic N) is 1. The van der Waals surface area contributed by atoms with Gasteiger partial charge in [-0.15, -0.1) is 0 Å². The van der Waals surface area contributed by atoms with Crippen LogP contribution in [-0.2, 0) is 0 Å². The number of nitrogens with one attached hydrogen (secondary N) is 1. The van der Waals surface area contributed by atoms with Crippen LogP contribution in [0.2, 0.25) is 0 Å². The third kappa shape index (κ3) is 0.265. The van der Waals surface area contributed by atoms with Crippen LogP contribution in [-0.4, -0.2) is 9.97 Å². The quantitative estimate of drug-likeness (QED) is 0.472. The smallest absolute Gasteiger partial charge is 0.0919 e. The molecule has 0 radical (unpaired) electrons. The van der Waals surface area contributed by atoms with Gasteiger partial charge in [-0.3, -0.25) is 0 Å². The molecule has 0 saturated carbocycles. The Morgan fingerprint density at radius 1 is 1.60 bits per heavy atom. The van der Waals surface area contributed by atoms with E-state index < -0.39 is 0 Å². The number of aromatic nitrogens is 2. The van der Waals surface area contributed by atoms with E-state index in [0.29, 0.717) is 0 Å². The van der Waals surface area contributed by atoms with Gasteiger partial charge in [-0.2, -0.15) is 0 Å². The zero-order chi connectivity index (χ0) is 3.54. The monoisotopic (exact) mass is 72.0 g/mol. The van der Waals surface area contributed by atoms with Crippen LogP contribution in [0, 0.1) is 0 Å². The fourth-order valence-corrected chi connectivity index (χ4v) is 0.215. The molecule has 0 fully saturated rings. The number of H-pyrrole nitrogens is 1. The minimum atomic E-state index is 1.62. The lowest BCUT2D eigenvalue weighted by Crippen LogP contribution is -1.44. The molecule has 5 heavy (non-hydrogen) atoms. The topological polar surface area (TPSA) is 28.7 Å². The fourth-order valence-electron chi connectivity index (χ4n) is 0.215. The molecule has 1 heterocycles. The third-order valence-corrected chi connectivity index (χ3v) is 0.406. The molecule has 2 nitrogen and oxygen atoms in total. The van der Waals surface area contributed by atoms with Crippen LogP contribution in [0.5, 0.6) is 0 Å². The Morgan fingerprint density at radius 2 is 2.60 bits per heavy atom. The van der Waals surface area contributed by atoms with Crippen molar-refractivity contribution in [1.29, 1.82) is 0 Å². The first-order valence-corrected chi connectivity index (χ1v) is 1.43. The summed E-state index contributed by atoms with van der Waals surface area (Å²) in [6.07, 6.45) is 5.08. The van der Waals surface area contributed by atoms with Gasteiger partial charge in [0.05, 0.1) is 6.33 Å². The third-order valence-electron chi connectivity index (χ3n) is 0.406. The molecule has 0 bridgehead atoms. The maximum absolute atomic E-state index is 3.67. The molecule has 0 amide bonds. The van der Waals surface area contributed by atoms with Crippen molar-refractivity contribution in [3.63, 3.8) is 0 Å². The van der Waals surface area contributed by atoms with Crippen molar-refractivity contribution < 1.29 is 0 Å². The van der Waals surface area contributed by atoms with E-state index in [1.54, 1.807) is 18.7 Å². The first-order chi connectivity index (χ1) is 2.50. The molecule has 1 aromatic heterocycles. The summed E-state index contributed by atoms with van der Waals surface area (Å²) < 4.78 is 0. The van der Waals surface area contributed by atoms with Gasteiger partial charge in [0.25, 0.3) is 0 Å². The van der Waals surface area contributed by atoms with E-state index in [4.69, 9.17) is 0 Å². The van der Waals surface area contributed by atoms with E-state index in [1.165, 1.54) is 0 Å². The van der Waals surface area contributed by atoms with Crippen molar-refractivity contribution in [2.24, 2.45) is 0 Å². The lowest BCUT2D eigenvalue weighted by atomic mass is 11.6. The molecule has 0 aromatic carbocycles. The van der Waals surface area contributed by atoms with E-state index in [0.717, 1.165) is 0 Å². The maximum atomic E-state index is 3.67. The van der Waals surface area contributed by atoms with E-state index in [9.17, 15) is 0 Å². The zero-order valence-electron chi connectivity index (χ0n) is 2.68. The lowest BCUT2D eigenvalue weighted by molar-refractivity contribution is 1.31. The maximum Gasteiger partial charge on any atom is 0.0919 e. The van der Waals surface area contributed by atoms with Gasteiger partial charge in [0.2, 0.25) is 0 Å². The predicted molar refractivity (Wildman–Crippen MR) is 18.6 cm³/mol. The summed E-state index contributed by atoms with van der Waals surface area (Å²) in [5.41, 5.74) is 0. The normalized spacial score (nSPS) is 8.00. The Bertz CT molecular complexity index is 61.4. The largest absolute Gasteiger partial charge is 0.351 e. The van der Waals surface area contributed by atoms with Crippen LogP contribution in [0.1, 0.15) is 0 Å². The molecule has 0 aliphatic heterocycles. The van der Waals surface area contributed by atoms with Crippen molar-refractivity contribution in [3.05, 3.63) is 18.7 Å². The molecule has 1 aromatic rings. The van der Waals surface area contributed by atoms with E-state index in [-0.39, 0.29) is 0 Å². The van der Waals surface area contributed by atoms with Gasteiger partial charge in [0.15, 0.2) is 0 Å². The standard InChI is InChI=1S/C3H4N2/c1-2-5-3-4-1/h1-3H,(H,4,5)/i1+1,2+1,4+1,5+1. The Labute approximate surface area is 29.9 Å². The Balaban J connectivity index is 3.13.